The minimum atomic E-state index is -0.201. The molecule has 28 heavy (non-hydrogen) atoms. The zero-order valence-corrected chi connectivity index (χ0v) is 16.2. The standard InChI is InChI=1S/C22H26N4O2/c1-24-15-20(27)26(19-10-6-3-7-11-19)17-22(24)12-13-25(16-22)21(28)23-14-18-8-4-2-5-9-18/h2-11H,12-17H2,1H3,(H,23,28). The van der Waals surface area contributed by atoms with Crippen LogP contribution < -0.4 is 10.2 Å². The van der Waals surface area contributed by atoms with E-state index in [0.29, 0.717) is 32.7 Å². The maximum atomic E-state index is 12.7. The summed E-state index contributed by atoms with van der Waals surface area (Å²) in [5, 5.41) is 3.02. The van der Waals surface area contributed by atoms with Gasteiger partial charge >= 0.3 is 6.03 Å². The van der Waals surface area contributed by atoms with Gasteiger partial charge in [-0.25, -0.2) is 4.79 Å². The summed E-state index contributed by atoms with van der Waals surface area (Å²) in [5.41, 5.74) is 1.81. The van der Waals surface area contributed by atoms with Crippen molar-refractivity contribution in [1.29, 1.82) is 0 Å². The third kappa shape index (κ3) is 3.60. The molecule has 1 spiro atoms. The van der Waals surface area contributed by atoms with Crippen LogP contribution in [-0.4, -0.2) is 60.5 Å². The van der Waals surface area contributed by atoms with Gasteiger partial charge in [0.25, 0.3) is 0 Å². The maximum absolute atomic E-state index is 12.7. The number of hydrogen-bond acceptors (Lipinski definition) is 3. The van der Waals surface area contributed by atoms with E-state index in [4.69, 9.17) is 0 Å². The molecular weight excluding hydrogens is 352 g/mol. The number of para-hydroxylation sites is 1. The van der Waals surface area contributed by atoms with E-state index >= 15 is 0 Å². The molecule has 0 saturated carbocycles. The number of amides is 3. The lowest BCUT2D eigenvalue weighted by Crippen LogP contribution is -2.64. The molecule has 2 fully saturated rings. The summed E-state index contributed by atoms with van der Waals surface area (Å²) in [5.74, 6) is 0.103. The maximum Gasteiger partial charge on any atom is 0.317 e. The Kier molecular flexibility index (Phi) is 5.05. The molecule has 2 aliphatic heterocycles. The van der Waals surface area contributed by atoms with Crippen LogP contribution in [-0.2, 0) is 11.3 Å². The molecule has 0 aliphatic carbocycles. The summed E-state index contributed by atoms with van der Waals surface area (Å²) in [7, 11) is 1.99. The highest BCUT2D eigenvalue weighted by Crippen LogP contribution is 2.33. The molecule has 2 aromatic carbocycles. The van der Waals surface area contributed by atoms with E-state index in [2.05, 4.69) is 10.2 Å². The van der Waals surface area contributed by atoms with Gasteiger partial charge in [0.2, 0.25) is 5.91 Å². The van der Waals surface area contributed by atoms with Gasteiger partial charge in [-0.2, -0.15) is 0 Å². The lowest BCUT2D eigenvalue weighted by molar-refractivity contribution is -0.123. The number of benzene rings is 2. The summed E-state index contributed by atoms with van der Waals surface area (Å²) in [4.78, 5) is 31.2. The molecule has 1 atom stereocenters. The van der Waals surface area contributed by atoms with Gasteiger partial charge in [0.05, 0.1) is 12.1 Å². The molecule has 146 valence electrons. The van der Waals surface area contributed by atoms with E-state index in [1.165, 1.54) is 0 Å². The molecule has 0 aromatic heterocycles. The molecule has 1 N–H and O–H groups in total. The molecule has 2 aromatic rings. The van der Waals surface area contributed by atoms with Crippen LogP contribution >= 0.6 is 0 Å². The van der Waals surface area contributed by atoms with Crippen molar-refractivity contribution in [3.8, 4) is 0 Å². The fourth-order valence-corrected chi connectivity index (χ4v) is 4.16. The Hall–Kier alpha value is -2.86. The number of likely N-dealkylation sites (N-methyl/N-ethyl adjacent to an activating group) is 1. The average Bonchev–Trinajstić information content (AvgIpc) is 3.16. The van der Waals surface area contributed by atoms with Gasteiger partial charge in [-0.05, 0) is 31.2 Å². The normalized spacial score (nSPS) is 22.7. The van der Waals surface area contributed by atoms with Gasteiger partial charge in [-0.15, -0.1) is 0 Å². The van der Waals surface area contributed by atoms with Crippen molar-refractivity contribution >= 4 is 17.6 Å². The number of hydrogen-bond donors (Lipinski definition) is 1. The highest BCUT2D eigenvalue weighted by molar-refractivity contribution is 5.96. The number of carbonyl (C=O) groups excluding carboxylic acids is 2. The summed E-state index contributed by atoms with van der Waals surface area (Å²) >= 11 is 0. The predicted molar refractivity (Wildman–Crippen MR) is 109 cm³/mol. The second-order valence-corrected chi connectivity index (χ2v) is 7.71. The first-order chi connectivity index (χ1) is 13.6. The first-order valence-corrected chi connectivity index (χ1v) is 9.71. The molecule has 3 amide bonds. The zero-order chi connectivity index (χ0) is 19.6. The van der Waals surface area contributed by atoms with E-state index in [9.17, 15) is 9.59 Å². The topological polar surface area (TPSA) is 55.9 Å². The summed E-state index contributed by atoms with van der Waals surface area (Å²) < 4.78 is 0. The monoisotopic (exact) mass is 378 g/mol. The molecule has 1 unspecified atom stereocenters. The number of nitrogens with one attached hydrogen (secondary N) is 1. The predicted octanol–water partition coefficient (Wildman–Crippen LogP) is 2.32. The third-order valence-electron chi connectivity index (χ3n) is 5.91. The van der Waals surface area contributed by atoms with Crippen molar-refractivity contribution in [2.45, 2.75) is 18.5 Å². The molecule has 6 heteroatoms. The smallest absolute Gasteiger partial charge is 0.317 e. The fraction of sp³-hybridized carbons (Fsp3) is 0.364. The quantitative estimate of drug-likeness (QED) is 0.892. The van der Waals surface area contributed by atoms with Crippen LogP contribution in [0.5, 0.6) is 0 Å². The molecule has 0 bridgehead atoms. The Labute approximate surface area is 165 Å². The number of rotatable bonds is 3. The molecule has 2 heterocycles. The van der Waals surface area contributed by atoms with Crippen molar-refractivity contribution in [3.05, 3.63) is 66.2 Å². The Bertz CT molecular complexity index is 842. The summed E-state index contributed by atoms with van der Waals surface area (Å²) in [6.45, 7) is 2.82. The van der Waals surface area contributed by atoms with E-state index in [0.717, 1.165) is 17.7 Å². The largest absolute Gasteiger partial charge is 0.334 e. The van der Waals surface area contributed by atoms with Gasteiger partial charge in [0.15, 0.2) is 0 Å². The number of anilines is 1. The van der Waals surface area contributed by atoms with Crippen LogP contribution in [0.3, 0.4) is 0 Å². The number of likely N-dealkylation sites (tertiary alicyclic amines) is 1. The van der Waals surface area contributed by atoms with E-state index < -0.39 is 0 Å². The van der Waals surface area contributed by atoms with Crippen molar-refractivity contribution in [1.82, 2.24) is 15.1 Å². The third-order valence-corrected chi connectivity index (χ3v) is 5.91. The van der Waals surface area contributed by atoms with Crippen molar-refractivity contribution < 1.29 is 9.59 Å². The Morgan fingerprint density at radius 3 is 2.43 bits per heavy atom. The zero-order valence-electron chi connectivity index (χ0n) is 16.2. The molecule has 6 nitrogen and oxygen atoms in total. The number of nitrogens with zero attached hydrogens (tertiary/aromatic N) is 3. The van der Waals surface area contributed by atoms with E-state index in [1.54, 1.807) is 0 Å². The number of piperazine rings is 1. The lowest BCUT2D eigenvalue weighted by Gasteiger charge is -2.46. The van der Waals surface area contributed by atoms with Crippen LogP contribution in [0.15, 0.2) is 60.7 Å². The first-order valence-electron chi connectivity index (χ1n) is 9.71. The second-order valence-electron chi connectivity index (χ2n) is 7.71. The second kappa shape index (κ2) is 7.64. The number of carbonyl (C=O) groups is 2. The Morgan fingerprint density at radius 1 is 1.04 bits per heavy atom. The van der Waals surface area contributed by atoms with Crippen LogP contribution in [0.1, 0.15) is 12.0 Å². The summed E-state index contributed by atoms with van der Waals surface area (Å²) in [6, 6.07) is 19.7. The van der Waals surface area contributed by atoms with Gasteiger partial charge in [-0.1, -0.05) is 48.5 Å². The molecule has 2 saturated heterocycles. The Balaban J connectivity index is 1.43. The highest BCUT2D eigenvalue weighted by Gasteiger charge is 2.48. The van der Waals surface area contributed by atoms with Crippen LogP contribution in [0.4, 0.5) is 10.5 Å². The van der Waals surface area contributed by atoms with Crippen molar-refractivity contribution in [2.24, 2.45) is 0 Å². The van der Waals surface area contributed by atoms with Crippen molar-refractivity contribution in [2.75, 3.05) is 38.1 Å². The van der Waals surface area contributed by atoms with Crippen LogP contribution in [0.2, 0.25) is 0 Å². The van der Waals surface area contributed by atoms with E-state index in [1.807, 2.05) is 77.5 Å². The van der Waals surface area contributed by atoms with Gasteiger partial charge in [-0.3, -0.25) is 9.69 Å². The first kappa shape index (κ1) is 18.5. The van der Waals surface area contributed by atoms with Gasteiger partial charge < -0.3 is 15.1 Å². The molecular formula is C22H26N4O2. The lowest BCUT2D eigenvalue weighted by atomic mass is 9.92. The summed E-state index contributed by atoms with van der Waals surface area (Å²) in [6.07, 6.45) is 0.860. The minimum Gasteiger partial charge on any atom is -0.334 e. The molecule has 4 rings (SSSR count). The van der Waals surface area contributed by atoms with Crippen molar-refractivity contribution in [3.63, 3.8) is 0 Å². The minimum absolute atomic E-state index is 0.0442. The average molecular weight is 378 g/mol. The fourth-order valence-electron chi connectivity index (χ4n) is 4.16. The highest BCUT2D eigenvalue weighted by atomic mass is 16.2. The Morgan fingerprint density at radius 2 is 1.71 bits per heavy atom. The van der Waals surface area contributed by atoms with E-state index in [-0.39, 0.29) is 17.5 Å². The van der Waals surface area contributed by atoms with Gasteiger partial charge in [0.1, 0.15) is 0 Å². The number of urea groups is 1. The molecule has 0 radical (unpaired) electrons. The van der Waals surface area contributed by atoms with Crippen LogP contribution in [0, 0.1) is 0 Å². The van der Waals surface area contributed by atoms with Crippen LogP contribution in [0.25, 0.3) is 0 Å². The molecule has 2 aliphatic rings. The SMILES string of the molecule is CN1CC(=O)N(c2ccccc2)CC12CCN(C(=O)NCc1ccccc1)C2. The van der Waals surface area contributed by atoms with Gasteiger partial charge in [0, 0.05) is 31.9 Å².